The minimum Gasteiger partial charge on any atom is -0.490 e. The molecule has 0 atom stereocenters. The average molecular weight is 477 g/mol. The first kappa shape index (κ1) is 23.0. The second kappa shape index (κ2) is 10.5. The van der Waals surface area contributed by atoms with Crippen molar-refractivity contribution in [2.45, 2.75) is 13.5 Å². The summed E-state index contributed by atoms with van der Waals surface area (Å²) in [5.74, 6) is 0.357. The van der Waals surface area contributed by atoms with Crippen LogP contribution >= 0.6 is 34.8 Å². The van der Waals surface area contributed by atoms with Crippen molar-refractivity contribution >= 4 is 46.5 Å². The molecule has 0 saturated carbocycles. The van der Waals surface area contributed by atoms with E-state index in [9.17, 15) is 9.65 Å². The summed E-state index contributed by atoms with van der Waals surface area (Å²) in [6.45, 7) is 2.39. The van der Waals surface area contributed by atoms with Crippen LogP contribution in [-0.2, 0) is 6.61 Å². The van der Waals surface area contributed by atoms with Gasteiger partial charge in [0, 0.05) is 15.6 Å². The zero-order chi connectivity index (χ0) is 22.4. The van der Waals surface area contributed by atoms with Gasteiger partial charge in [-0.05, 0) is 60.5 Å². The summed E-state index contributed by atoms with van der Waals surface area (Å²) in [4.78, 5) is 0. The molecule has 7 heteroatoms. The largest absolute Gasteiger partial charge is 0.490 e. The van der Waals surface area contributed by atoms with Gasteiger partial charge in [-0.1, -0.05) is 53.0 Å². The van der Waals surface area contributed by atoms with E-state index in [0.717, 1.165) is 5.56 Å². The van der Waals surface area contributed by atoms with Gasteiger partial charge in [-0.15, -0.1) is 0 Å². The molecule has 31 heavy (non-hydrogen) atoms. The van der Waals surface area contributed by atoms with Gasteiger partial charge < -0.3 is 9.47 Å². The van der Waals surface area contributed by atoms with Crippen LogP contribution in [0, 0.1) is 17.1 Å². The Bertz CT molecular complexity index is 1170. The van der Waals surface area contributed by atoms with Crippen molar-refractivity contribution in [1.29, 1.82) is 5.26 Å². The van der Waals surface area contributed by atoms with Crippen LogP contribution in [0.5, 0.6) is 11.5 Å². The maximum absolute atomic E-state index is 13.5. The van der Waals surface area contributed by atoms with Crippen LogP contribution < -0.4 is 9.47 Å². The number of hydrogen-bond acceptors (Lipinski definition) is 3. The normalized spacial score (nSPS) is 11.2. The first-order valence-electron chi connectivity index (χ1n) is 9.32. The second-order valence-electron chi connectivity index (χ2n) is 6.47. The highest BCUT2D eigenvalue weighted by Gasteiger charge is 2.14. The van der Waals surface area contributed by atoms with Crippen molar-refractivity contribution in [3.63, 3.8) is 0 Å². The summed E-state index contributed by atoms with van der Waals surface area (Å²) < 4.78 is 25.1. The molecule has 0 bridgehead atoms. The summed E-state index contributed by atoms with van der Waals surface area (Å²) in [5, 5.41) is 10.9. The lowest BCUT2D eigenvalue weighted by Crippen LogP contribution is -2.01. The molecule has 158 valence electrons. The third-order valence-corrected chi connectivity index (χ3v) is 5.15. The third kappa shape index (κ3) is 5.92. The summed E-state index contributed by atoms with van der Waals surface area (Å²) >= 11 is 18.6. The Balaban J connectivity index is 1.93. The second-order valence-corrected chi connectivity index (χ2v) is 7.72. The molecular weight excluding hydrogens is 460 g/mol. The molecular formula is C24H17Cl3FNO2. The van der Waals surface area contributed by atoms with E-state index in [1.165, 1.54) is 12.1 Å². The van der Waals surface area contributed by atoms with Crippen LogP contribution in [0.4, 0.5) is 4.39 Å². The van der Waals surface area contributed by atoms with Crippen LogP contribution in [0.25, 0.3) is 11.6 Å². The van der Waals surface area contributed by atoms with Gasteiger partial charge in [0.05, 0.1) is 23.3 Å². The number of rotatable bonds is 7. The van der Waals surface area contributed by atoms with Gasteiger partial charge in [0.25, 0.3) is 0 Å². The molecule has 0 spiro atoms. The number of hydrogen-bond donors (Lipinski definition) is 0. The van der Waals surface area contributed by atoms with E-state index in [2.05, 4.69) is 6.07 Å². The van der Waals surface area contributed by atoms with E-state index < -0.39 is 5.82 Å². The lowest BCUT2D eigenvalue weighted by atomic mass is 10.0. The zero-order valence-electron chi connectivity index (χ0n) is 16.5. The molecule has 0 saturated heterocycles. The molecule has 0 aliphatic carbocycles. The summed E-state index contributed by atoms with van der Waals surface area (Å²) in [5.41, 5.74) is 2.12. The van der Waals surface area contributed by atoms with Crippen molar-refractivity contribution in [3.05, 3.63) is 92.2 Å². The Morgan fingerprint density at radius 1 is 1.03 bits per heavy atom. The molecule has 0 unspecified atom stereocenters. The van der Waals surface area contributed by atoms with Crippen molar-refractivity contribution in [1.82, 2.24) is 0 Å². The van der Waals surface area contributed by atoms with E-state index in [1.54, 1.807) is 48.5 Å². The predicted octanol–water partition coefficient (Wildman–Crippen LogP) is 7.83. The summed E-state index contributed by atoms with van der Waals surface area (Å²) in [6, 6.07) is 16.4. The lowest BCUT2D eigenvalue weighted by Gasteiger charge is -2.15. The van der Waals surface area contributed by atoms with E-state index >= 15 is 0 Å². The monoisotopic (exact) mass is 475 g/mol. The highest BCUT2D eigenvalue weighted by atomic mass is 35.5. The SMILES string of the molecule is CCOc1cc(/C=C(/C#N)c2cccc(F)c2)cc(Cl)c1OCc1ccc(Cl)cc1Cl. The molecule has 3 rings (SSSR count). The maximum Gasteiger partial charge on any atom is 0.180 e. The van der Waals surface area contributed by atoms with Gasteiger partial charge in [0.2, 0.25) is 0 Å². The van der Waals surface area contributed by atoms with E-state index in [4.69, 9.17) is 44.3 Å². The molecule has 3 aromatic rings. The van der Waals surface area contributed by atoms with Gasteiger partial charge in [-0.3, -0.25) is 0 Å². The van der Waals surface area contributed by atoms with Crippen molar-refractivity contribution in [2.75, 3.05) is 6.61 Å². The molecule has 0 radical (unpaired) electrons. The number of benzene rings is 3. The fourth-order valence-corrected chi connectivity index (χ4v) is 3.60. The first-order chi connectivity index (χ1) is 14.9. The highest BCUT2D eigenvalue weighted by Crippen LogP contribution is 2.38. The topological polar surface area (TPSA) is 42.2 Å². The standard InChI is InChI=1S/C24H17Cl3FNO2/c1-2-30-23-10-15(8-18(13-29)16-4-3-5-20(28)11-16)9-22(27)24(23)31-14-17-6-7-19(25)12-21(17)26/h3-12H,2,14H2,1H3/b18-8-. The van der Waals surface area contributed by atoms with Gasteiger partial charge in [0.1, 0.15) is 12.4 Å². The lowest BCUT2D eigenvalue weighted by molar-refractivity contribution is 0.269. The zero-order valence-corrected chi connectivity index (χ0v) is 18.7. The molecule has 0 heterocycles. The quantitative estimate of drug-likeness (QED) is 0.258. The molecule has 3 nitrogen and oxygen atoms in total. The van der Waals surface area contributed by atoms with Crippen LogP contribution in [0.3, 0.4) is 0 Å². The molecule has 0 N–H and O–H groups in total. The van der Waals surface area contributed by atoms with Gasteiger partial charge in [0.15, 0.2) is 11.5 Å². The number of nitriles is 1. The Labute approximate surface area is 195 Å². The number of nitrogens with zero attached hydrogens (tertiary/aromatic N) is 1. The summed E-state index contributed by atoms with van der Waals surface area (Å²) in [7, 11) is 0. The van der Waals surface area contributed by atoms with E-state index in [1.807, 2.05) is 6.92 Å². The number of ether oxygens (including phenoxy) is 2. The predicted molar refractivity (Wildman–Crippen MR) is 123 cm³/mol. The minimum atomic E-state index is -0.420. The van der Waals surface area contributed by atoms with Crippen LogP contribution in [-0.4, -0.2) is 6.61 Å². The summed E-state index contributed by atoms with van der Waals surface area (Å²) in [6.07, 6.45) is 1.61. The van der Waals surface area contributed by atoms with Crippen molar-refractivity contribution in [2.24, 2.45) is 0 Å². The fourth-order valence-electron chi connectivity index (χ4n) is 2.87. The van der Waals surface area contributed by atoms with Crippen LogP contribution in [0.1, 0.15) is 23.6 Å². The number of allylic oxidation sites excluding steroid dienone is 1. The van der Waals surface area contributed by atoms with E-state index in [0.29, 0.717) is 49.9 Å². The van der Waals surface area contributed by atoms with Gasteiger partial charge in [-0.2, -0.15) is 5.26 Å². The van der Waals surface area contributed by atoms with Crippen LogP contribution in [0.2, 0.25) is 15.1 Å². The molecule has 0 fully saturated rings. The first-order valence-corrected chi connectivity index (χ1v) is 10.5. The fraction of sp³-hybridized carbons (Fsp3) is 0.125. The van der Waals surface area contributed by atoms with Gasteiger partial charge in [-0.25, -0.2) is 4.39 Å². The third-order valence-electron chi connectivity index (χ3n) is 4.29. The Morgan fingerprint density at radius 2 is 1.84 bits per heavy atom. The average Bonchev–Trinajstić information content (AvgIpc) is 2.73. The minimum absolute atomic E-state index is 0.164. The smallest absolute Gasteiger partial charge is 0.180 e. The Hall–Kier alpha value is -2.71. The molecule has 0 amide bonds. The molecule has 0 aromatic heterocycles. The Morgan fingerprint density at radius 3 is 2.52 bits per heavy atom. The highest BCUT2D eigenvalue weighted by molar-refractivity contribution is 6.35. The van der Waals surface area contributed by atoms with Gasteiger partial charge >= 0.3 is 0 Å². The maximum atomic E-state index is 13.5. The molecule has 0 aliphatic rings. The van der Waals surface area contributed by atoms with Crippen molar-refractivity contribution < 1.29 is 13.9 Å². The molecule has 3 aromatic carbocycles. The Kier molecular flexibility index (Phi) is 7.81. The molecule has 0 aliphatic heterocycles. The van der Waals surface area contributed by atoms with E-state index in [-0.39, 0.29) is 6.61 Å². The van der Waals surface area contributed by atoms with Crippen LogP contribution in [0.15, 0.2) is 54.6 Å². The van der Waals surface area contributed by atoms with Crippen molar-refractivity contribution in [3.8, 4) is 17.6 Å². The number of halogens is 4.